The predicted molar refractivity (Wildman–Crippen MR) is 117 cm³/mol. The molecular formula is C21H25FN4O4S. The average molecular weight is 449 g/mol. The van der Waals surface area contributed by atoms with Crippen molar-refractivity contribution in [1.82, 2.24) is 4.31 Å². The third kappa shape index (κ3) is 5.39. The van der Waals surface area contributed by atoms with Gasteiger partial charge in [0.25, 0.3) is 0 Å². The number of rotatable bonds is 7. The molecule has 0 bridgehead atoms. The molecule has 2 N–H and O–H groups in total. The Kier molecular flexibility index (Phi) is 6.91. The topological polar surface area (TPSA) is 98.8 Å². The maximum Gasteiger partial charge on any atom is 0.243 e. The van der Waals surface area contributed by atoms with E-state index in [1.165, 1.54) is 44.3 Å². The minimum atomic E-state index is -3.95. The molecule has 0 spiro atoms. The predicted octanol–water partition coefficient (Wildman–Crippen LogP) is 2.64. The van der Waals surface area contributed by atoms with Crippen molar-refractivity contribution in [3.63, 3.8) is 0 Å². The van der Waals surface area contributed by atoms with Crippen LogP contribution >= 0.6 is 0 Å². The van der Waals surface area contributed by atoms with E-state index in [-0.39, 0.29) is 16.5 Å². The van der Waals surface area contributed by atoms with E-state index >= 15 is 0 Å². The summed E-state index contributed by atoms with van der Waals surface area (Å²) in [7, 11) is -2.67. The number of nitrogens with zero attached hydrogens (tertiary/aromatic N) is 2. The number of amides is 2. The quantitative estimate of drug-likeness (QED) is 0.679. The molecule has 2 aromatic carbocycles. The molecule has 8 nitrogen and oxygen atoms in total. The number of para-hydroxylation sites is 1. The first kappa shape index (κ1) is 22.7. The van der Waals surface area contributed by atoms with Gasteiger partial charge in [0.1, 0.15) is 11.5 Å². The number of carbonyl (C=O) groups excluding carboxylic acids is 2. The molecule has 0 radical (unpaired) electrons. The smallest absolute Gasteiger partial charge is 0.243 e. The molecule has 1 heterocycles. The summed E-state index contributed by atoms with van der Waals surface area (Å²) < 4.78 is 40.9. The van der Waals surface area contributed by atoms with Crippen LogP contribution in [0, 0.1) is 5.82 Å². The van der Waals surface area contributed by atoms with Crippen molar-refractivity contribution in [1.29, 1.82) is 0 Å². The number of halogens is 1. The van der Waals surface area contributed by atoms with Crippen molar-refractivity contribution < 1.29 is 22.4 Å². The second-order valence-electron chi connectivity index (χ2n) is 7.34. The van der Waals surface area contributed by atoms with Gasteiger partial charge in [-0.3, -0.25) is 9.59 Å². The van der Waals surface area contributed by atoms with Crippen LogP contribution in [0.2, 0.25) is 0 Å². The van der Waals surface area contributed by atoms with Gasteiger partial charge in [-0.15, -0.1) is 0 Å². The number of hydrogen-bond acceptors (Lipinski definition) is 5. The third-order valence-electron chi connectivity index (χ3n) is 4.95. The lowest BCUT2D eigenvalue weighted by molar-refractivity contribution is -0.116. The Morgan fingerprint density at radius 1 is 1.06 bits per heavy atom. The Bertz CT molecular complexity index is 1070. The summed E-state index contributed by atoms with van der Waals surface area (Å²) in [6.45, 7) is 2.41. The van der Waals surface area contributed by atoms with Crippen molar-refractivity contribution >= 4 is 38.9 Å². The highest BCUT2D eigenvalue weighted by Gasteiger charge is 2.25. The lowest BCUT2D eigenvalue weighted by atomic mass is 10.2. The molecule has 1 aliphatic heterocycles. The molecule has 0 aromatic heterocycles. The zero-order valence-electron chi connectivity index (χ0n) is 17.4. The van der Waals surface area contributed by atoms with Crippen LogP contribution in [0.1, 0.15) is 19.8 Å². The molecule has 3 rings (SSSR count). The second kappa shape index (κ2) is 9.44. The number of carbonyl (C=O) groups is 2. The van der Waals surface area contributed by atoms with Crippen LogP contribution in [0.5, 0.6) is 0 Å². The van der Waals surface area contributed by atoms with Gasteiger partial charge in [0, 0.05) is 32.7 Å². The summed E-state index contributed by atoms with van der Waals surface area (Å²) in [4.78, 5) is 25.6. The lowest BCUT2D eigenvalue weighted by Gasteiger charge is -2.23. The summed E-state index contributed by atoms with van der Waals surface area (Å²) in [6, 6.07) is 10.2. The van der Waals surface area contributed by atoms with Crippen LogP contribution in [-0.2, 0) is 19.6 Å². The van der Waals surface area contributed by atoms with Crippen LogP contribution in [0.25, 0.3) is 0 Å². The summed E-state index contributed by atoms with van der Waals surface area (Å²) in [5.41, 5.74) is 1.10. The van der Waals surface area contributed by atoms with E-state index in [0.29, 0.717) is 11.4 Å². The van der Waals surface area contributed by atoms with Crippen LogP contribution < -0.4 is 15.5 Å². The van der Waals surface area contributed by atoms with E-state index in [0.717, 1.165) is 30.2 Å². The highest BCUT2D eigenvalue weighted by molar-refractivity contribution is 7.89. The van der Waals surface area contributed by atoms with Crippen LogP contribution in [0.15, 0.2) is 47.4 Å². The zero-order chi connectivity index (χ0) is 22.6. The molecule has 0 atom stereocenters. The van der Waals surface area contributed by atoms with E-state index < -0.39 is 28.3 Å². The van der Waals surface area contributed by atoms with Gasteiger partial charge in [0.05, 0.1) is 17.1 Å². The number of anilines is 3. The first-order valence-electron chi connectivity index (χ1n) is 9.86. The minimum Gasteiger partial charge on any atom is -0.370 e. The van der Waals surface area contributed by atoms with Crippen LogP contribution in [-0.4, -0.2) is 51.2 Å². The zero-order valence-corrected chi connectivity index (χ0v) is 18.2. The van der Waals surface area contributed by atoms with Crippen molar-refractivity contribution in [2.45, 2.75) is 24.7 Å². The Balaban J connectivity index is 1.71. The van der Waals surface area contributed by atoms with Gasteiger partial charge in [-0.2, -0.15) is 4.31 Å². The molecule has 166 valence electrons. The van der Waals surface area contributed by atoms with Crippen molar-refractivity contribution in [3.05, 3.63) is 48.3 Å². The Morgan fingerprint density at radius 2 is 1.71 bits per heavy atom. The van der Waals surface area contributed by atoms with Crippen LogP contribution in [0.4, 0.5) is 21.5 Å². The molecule has 2 amide bonds. The number of benzene rings is 2. The summed E-state index contributed by atoms with van der Waals surface area (Å²) in [5.74, 6) is -1.49. The Hall–Kier alpha value is -2.98. The van der Waals surface area contributed by atoms with E-state index in [2.05, 4.69) is 10.6 Å². The molecule has 0 aliphatic carbocycles. The first-order valence-corrected chi connectivity index (χ1v) is 11.3. The minimum absolute atomic E-state index is 0.0273. The molecule has 2 aromatic rings. The normalized spacial score (nSPS) is 14.0. The first-order chi connectivity index (χ1) is 14.7. The monoisotopic (exact) mass is 448 g/mol. The molecule has 1 aliphatic rings. The van der Waals surface area contributed by atoms with E-state index in [1.807, 2.05) is 4.90 Å². The number of hydrogen-bond donors (Lipinski definition) is 2. The molecule has 10 heteroatoms. The lowest BCUT2D eigenvalue weighted by Crippen LogP contribution is -2.35. The number of likely N-dealkylation sites (N-methyl/N-ethyl adjacent to an activating group) is 1. The maximum absolute atomic E-state index is 14.4. The Morgan fingerprint density at radius 3 is 2.32 bits per heavy atom. The van der Waals surface area contributed by atoms with Gasteiger partial charge in [0.2, 0.25) is 21.8 Å². The van der Waals surface area contributed by atoms with Gasteiger partial charge >= 0.3 is 0 Å². The molecule has 0 unspecified atom stereocenters. The highest BCUT2D eigenvalue weighted by Crippen LogP contribution is 2.31. The van der Waals surface area contributed by atoms with Crippen molar-refractivity contribution in [2.24, 2.45) is 0 Å². The Labute approximate surface area is 181 Å². The number of nitrogens with one attached hydrogen (secondary N) is 2. The molecule has 1 fully saturated rings. The fraction of sp³-hybridized carbons (Fsp3) is 0.333. The molecule has 31 heavy (non-hydrogen) atoms. The average Bonchev–Trinajstić information content (AvgIpc) is 3.24. The molecule has 1 saturated heterocycles. The summed E-state index contributed by atoms with van der Waals surface area (Å²) >= 11 is 0. The second-order valence-corrected chi connectivity index (χ2v) is 9.39. The van der Waals surface area contributed by atoms with Gasteiger partial charge < -0.3 is 15.5 Å². The number of sulfonamides is 1. The summed E-state index contributed by atoms with van der Waals surface area (Å²) in [6.07, 6.45) is 1.98. The maximum atomic E-state index is 14.4. The van der Waals surface area contributed by atoms with Gasteiger partial charge in [0.15, 0.2) is 0 Å². The highest BCUT2D eigenvalue weighted by atomic mass is 32.2. The largest absolute Gasteiger partial charge is 0.370 e. The van der Waals surface area contributed by atoms with Crippen LogP contribution in [0.3, 0.4) is 0 Å². The van der Waals surface area contributed by atoms with E-state index in [1.54, 1.807) is 12.1 Å². The molecule has 0 saturated carbocycles. The van der Waals surface area contributed by atoms with Gasteiger partial charge in [-0.1, -0.05) is 6.07 Å². The van der Waals surface area contributed by atoms with Gasteiger partial charge in [-0.25, -0.2) is 12.8 Å². The van der Waals surface area contributed by atoms with Crippen molar-refractivity contribution in [3.8, 4) is 0 Å². The van der Waals surface area contributed by atoms with E-state index in [9.17, 15) is 22.4 Å². The molecular weight excluding hydrogens is 423 g/mol. The fourth-order valence-corrected chi connectivity index (χ4v) is 4.54. The van der Waals surface area contributed by atoms with E-state index in [4.69, 9.17) is 0 Å². The van der Waals surface area contributed by atoms with Gasteiger partial charge in [-0.05, 0) is 49.2 Å². The standard InChI is InChI=1S/C21H25FN4O4S/c1-15(27)23-16-8-10-17(11-9-16)31(29,30)25(2)14-20(28)24-21-18(22)6-5-7-19(21)26-12-3-4-13-26/h5-11H,3-4,12-14H2,1-2H3,(H,23,27)(H,24,28). The van der Waals surface area contributed by atoms with Crippen molar-refractivity contribution in [2.75, 3.05) is 42.2 Å². The third-order valence-corrected chi connectivity index (χ3v) is 6.77. The SMILES string of the molecule is CC(=O)Nc1ccc(S(=O)(=O)N(C)CC(=O)Nc2c(F)cccc2N2CCCC2)cc1. The summed E-state index contributed by atoms with van der Waals surface area (Å²) in [5, 5.41) is 5.09. The fourth-order valence-electron chi connectivity index (χ4n) is 3.42.